The number of guanidine groups is 1. The molecule has 1 atom stereocenters. The van der Waals surface area contributed by atoms with E-state index in [2.05, 4.69) is 72.2 Å². The Morgan fingerprint density at radius 2 is 1.88 bits per heavy atom. The molecule has 0 amide bonds. The van der Waals surface area contributed by atoms with Crippen LogP contribution in [-0.4, -0.2) is 54.0 Å². The third kappa shape index (κ3) is 4.83. The van der Waals surface area contributed by atoms with Crippen LogP contribution in [-0.2, 0) is 6.54 Å². The first kappa shape index (κ1) is 18.9. The Morgan fingerprint density at radius 3 is 2.50 bits per heavy atom. The van der Waals surface area contributed by atoms with E-state index in [-0.39, 0.29) is 0 Å². The fourth-order valence-corrected chi connectivity index (χ4v) is 3.54. The Labute approximate surface area is 164 Å². The highest BCUT2D eigenvalue weighted by molar-refractivity contribution is 9.10. The Balaban J connectivity index is 1.52. The second-order valence-corrected chi connectivity index (χ2v) is 7.39. The summed E-state index contributed by atoms with van der Waals surface area (Å²) < 4.78 is 1.13. The van der Waals surface area contributed by atoms with Crippen LogP contribution in [0, 0.1) is 0 Å². The topological polar surface area (TPSA) is 43.8 Å². The van der Waals surface area contributed by atoms with Crippen molar-refractivity contribution in [2.45, 2.75) is 19.5 Å². The van der Waals surface area contributed by atoms with Gasteiger partial charge in [0.25, 0.3) is 0 Å². The van der Waals surface area contributed by atoms with Crippen LogP contribution in [0.1, 0.15) is 24.2 Å². The predicted molar refractivity (Wildman–Crippen MR) is 110 cm³/mol. The molecular formula is C20H26BrN5. The molecule has 1 N–H and O–H groups in total. The van der Waals surface area contributed by atoms with Gasteiger partial charge in [0.15, 0.2) is 5.96 Å². The van der Waals surface area contributed by atoms with Crippen molar-refractivity contribution in [1.29, 1.82) is 0 Å². The smallest absolute Gasteiger partial charge is 0.194 e. The molecule has 1 fully saturated rings. The van der Waals surface area contributed by atoms with Crippen LogP contribution < -0.4 is 5.32 Å². The average Bonchev–Trinajstić information content (AvgIpc) is 2.70. The third-order valence-electron chi connectivity index (χ3n) is 4.88. The summed E-state index contributed by atoms with van der Waals surface area (Å²) >= 11 is 3.51. The maximum atomic E-state index is 4.44. The lowest BCUT2D eigenvalue weighted by Gasteiger charge is -2.39. The van der Waals surface area contributed by atoms with Gasteiger partial charge in [-0.2, -0.15) is 0 Å². The summed E-state index contributed by atoms with van der Waals surface area (Å²) in [5.41, 5.74) is 2.38. The second kappa shape index (κ2) is 9.14. The van der Waals surface area contributed by atoms with Crippen LogP contribution in [0.25, 0.3) is 0 Å². The van der Waals surface area contributed by atoms with Gasteiger partial charge in [-0.25, -0.2) is 0 Å². The molecule has 1 aliphatic rings. The lowest BCUT2D eigenvalue weighted by molar-refractivity contribution is 0.138. The van der Waals surface area contributed by atoms with E-state index in [9.17, 15) is 0 Å². The minimum atomic E-state index is 0.425. The number of aliphatic imine (C=N–C) groups is 1. The van der Waals surface area contributed by atoms with Crippen molar-refractivity contribution in [2.24, 2.45) is 4.99 Å². The Morgan fingerprint density at radius 1 is 1.15 bits per heavy atom. The molecule has 1 aliphatic heterocycles. The van der Waals surface area contributed by atoms with E-state index in [1.807, 2.05) is 31.4 Å². The van der Waals surface area contributed by atoms with Gasteiger partial charge in [-0.15, -0.1) is 0 Å². The molecule has 3 rings (SSSR count). The van der Waals surface area contributed by atoms with E-state index in [1.54, 1.807) is 0 Å². The summed E-state index contributed by atoms with van der Waals surface area (Å²) in [5, 5.41) is 3.43. The van der Waals surface area contributed by atoms with E-state index in [0.717, 1.165) is 42.3 Å². The van der Waals surface area contributed by atoms with Crippen molar-refractivity contribution in [3.05, 3.63) is 64.4 Å². The molecule has 0 aliphatic carbocycles. The van der Waals surface area contributed by atoms with Gasteiger partial charge in [-0.1, -0.05) is 34.1 Å². The molecule has 0 bridgehead atoms. The minimum Gasteiger partial charge on any atom is -0.351 e. The normalized spacial score (nSPS) is 17.2. The number of hydrogen-bond donors (Lipinski definition) is 1. The zero-order valence-electron chi connectivity index (χ0n) is 15.4. The van der Waals surface area contributed by atoms with Crippen molar-refractivity contribution >= 4 is 21.9 Å². The van der Waals surface area contributed by atoms with Crippen LogP contribution in [0.15, 0.2) is 58.1 Å². The largest absolute Gasteiger partial charge is 0.351 e. The molecule has 138 valence electrons. The predicted octanol–water partition coefficient (Wildman–Crippen LogP) is 3.30. The van der Waals surface area contributed by atoms with E-state index < -0.39 is 0 Å². The summed E-state index contributed by atoms with van der Waals surface area (Å²) in [4.78, 5) is 13.7. The monoisotopic (exact) mass is 415 g/mol. The zero-order chi connectivity index (χ0) is 18.4. The van der Waals surface area contributed by atoms with E-state index in [0.29, 0.717) is 12.6 Å². The quantitative estimate of drug-likeness (QED) is 0.614. The molecule has 2 aromatic rings. The molecule has 2 heterocycles. The first-order valence-electron chi connectivity index (χ1n) is 9.02. The Hall–Kier alpha value is -1.92. The fraction of sp³-hybridized carbons (Fsp3) is 0.400. The number of nitrogens with one attached hydrogen (secondary N) is 1. The highest BCUT2D eigenvalue weighted by atomic mass is 79.9. The van der Waals surface area contributed by atoms with E-state index in [1.165, 1.54) is 5.56 Å². The van der Waals surface area contributed by atoms with Crippen molar-refractivity contribution < 1.29 is 0 Å². The number of benzene rings is 1. The van der Waals surface area contributed by atoms with Gasteiger partial charge in [-0.3, -0.25) is 14.9 Å². The molecular weight excluding hydrogens is 390 g/mol. The summed E-state index contributed by atoms with van der Waals surface area (Å²) in [7, 11) is 1.84. The van der Waals surface area contributed by atoms with E-state index in [4.69, 9.17) is 0 Å². The molecule has 0 saturated carbocycles. The number of rotatable bonds is 4. The fourth-order valence-electron chi connectivity index (χ4n) is 3.28. The lowest BCUT2D eigenvalue weighted by atomic mass is 10.1. The maximum Gasteiger partial charge on any atom is 0.194 e. The summed E-state index contributed by atoms with van der Waals surface area (Å²) in [6.45, 7) is 6.99. The van der Waals surface area contributed by atoms with Gasteiger partial charge in [0, 0.05) is 49.9 Å². The molecule has 5 nitrogen and oxygen atoms in total. The summed E-state index contributed by atoms with van der Waals surface area (Å²) in [6.07, 6.45) is 1.82. The van der Waals surface area contributed by atoms with Gasteiger partial charge >= 0.3 is 0 Å². The molecule has 1 aromatic heterocycles. The van der Waals surface area contributed by atoms with Crippen molar-refractivity contribution in [3.8, 4) is 0 Å². The SMILES string of the molecule is CN=C(NCc1ccccn1)N1CCN(C(C)c2ccc(Br)cc2)CC1. The minimum absolute atomic E-state index is 0.425. The lowest BCUT2D eigenvalue weighted by Crippen LogP contribution is -2.52. The van der Waals surface area contributed by atoms with Crippen molar-refractivity contribution in [2.75, 3.05) is 33.2 Å². The zero-order valence-corrected chi connectivity index (χ0v) is 17.0. The summed E-state index contributed by atoms with van der Waals surface area (Å²) in [6, 6.07) is 15.0. The van der Waals surface area contributed by atoms with Crippen LogP contribution in [0.4, 0.5) is 0 Å². The van der Waals surface area contributed by atoms with E-state index >= 15 is 0 Å². The number of hydrogen-bond acceptors (Lipinski definition) is 3. The van der Waals surface area contributed by atoms with Gasteiger partial charge in [0.1, 0.15) is 0 Å². The number of pyridine rings is 1. The molecule has 1 unspecified atom stereocenters. The Bertz CT molecular complexity index is 709. The van der Waals surface area contributed by atoms with Crippen LogP contribution in [0.3, 0.4) is 0 Å². The van der Waals surface area contributed by atoms with Gasteiger partial charge in [-0.05, 0) is 36.8 Å². The van der Waals surface area contributed by atoms with Gasteiger partial charge < -0.3 is 10.2 Å². The molecule has 1 saturated heterocycles. The van der Waals surface area contributed by atoms with Crippen molar-refractivity contribution in [1.82, 2.24) is 20.1 Å². The van der Waals surface area contributed by atoms with Crippen molar-refractivity contribution in [3.63, 3.8) is 0 Å². The average molecular weight is 416 g/mol. The summed E-state index contributed by atoms with van der Waals surface area (Å²) in [5.74, 6) is 0.951. The standard InChI is InChI=1S/C20H26BrN5/c1-16(17-6-8-18(21)9-7-17)25-11-13-26(14-12-25)20(22-2)24-15-19-5-3-4-10-23-19/h3-10,16H,11-15H2,1-2H3,(H,22,24). The number of nitrogens with zero attached hydrogens (tertiary/aromatic N) is 4. The second-order valence-electron chi connectivity index (χ2n) is 6.47. The Kier molecular flexibility index (Phi) is 6.63. The molecule has 0 spiro atoms. The number of halogens is 1. The van der Waals surface area contributed by atoms with Crippen LogP contribution in [0.5, 0.6) is 0 Å². The highest BCUT2D eigenvalue weighted by Crippen LogP contribution is 2.23. The number of aromatic nitrogens is 1. The molecule has 0 radical (unpaired) electrons. The van der Waals surface area contributed by atoms with Crippen LogP contribution >= 0.6 is 15.9 Å². The van der Waals surface area contributed by atoms with Crippen LogP contribution in [0.2, 0.25) is 0 Å². The molecule has 26 heavy (non-hydrogen) atoms. The maximum absolute atomic E-state index is 4.44. The number of piperazine rings is 1. The highest BCUT2D eigenvalue weighted by Gasteiger charge is 2.23. The van der Waals surface area contributed by atoms with Gasteiger partial charge in [0.05, 0.1) is 12.2 Å². The first-order chi connectivity index (χ1) is 12.7. The van der Waals surface area contributed by atoms with Gasteiger partial charge in [0.2, 0.25) is 0 Å². The molecule has 1 aromatic carbocycles. The first-order valence-corrected chi connectivity index (χ1v) is 9.81. The third-order valence-corrected chi connectivity index (χ3v) is 5.41. The molecule has 6 heteroatoms.